The molecular formula is C24H33NO. The van der Waals surface area contributed by atoms with Gasteiger partial charge in [0, 0.05) is 12.4 Å². The predicted octanol–water partition coefficient (Wildman–Crippen LogP) is 5.48. The molecule has 4 aliphatic rings. The molecule has 4 aliphatic carbocycles. The first-order valence-corrected chi connectivity index (χ1v) is 10.8. The quantitative estimate of drug-likeness (QED) is 0.727. The van der Waals surface area contributed by atoms with Crippen molar-refractivity contribution in [1.29, 1.82) is 0 Å². The largest absolute Gasteiger partial charge is 0.393 e. The Morgan fingerprint density at radius 1 is 1.08 bits per heavy atom. The van der Waals surface area contributed by atoms with Gasteiger partial charge in [0.1, 0.15) is 0 Å². The predicted molar refractivity (Wildman–Crippen MR) is 105 cm³/mol. The van der Waals surface area contributed by atoms with Gasteiger partial charge in [-0.1, -0.05) is 26.0 Å². The van der Waals surface area contributed by atoms with Crippen molar-refractivity contribution in [1.82, 2.24) is 4.98 Å². The van der Waals surface area contributed by atoms with E-state index in [4.69, 9.17) is 0 Å². The fourth-order valence-corrected chi connectivity index (χ4v) is 7.77. The first-order chi connectivity index (χ1) is 12.5. The lowest BCUT2D eigenvalue weighted by Gasteiger charge is -2.60. The Balaban J connectivity index is 1.44. The SMILES string of the molecule is C[C@]12CC[C@H](O)C[C@H]1CC[C@@H]1[C@@H]2CC[C@]2(C)C(c3cccnc3)=CC[C@@H]12. The van der Waals surface area contributed by atoms with Crippen molar-refractivity contribution in [3.8, 4) is 0 Å². The van der Waals surface area contributed by atoms with E-state index in [-0.39, 0.29) is 6.10 Å². The third-order valence-corrected chi connectivity index (χ3v) is 9.19. The van der Waals surface area contributed by atoms with Crippen molar-refractivity contribution in [2.75, 3.05) is 0 Å². The molecule has 3 fully saturated rings. The van der Waals surface area contributed by atoms with Crippen LogP contribution in [0.15, 0.2) is 30.6 Å². The zero-order chi connectivity index (χ0) is 17.9. The lowest BCUT2D eigenvalue weighted by atomic mass is 9.44. The fraction of sp³-hybridized carbons (Fsp3) is 0.708. The van der Waals surface area contributed by atoms with Crippen molar-refractivity contribution in [2.24, 2.45) is 34.5 Å². The summed E-state index contributed by atoms with van der Waals surface area (Å²) in [4.78, 5) is 4.39. The molecule has 1 aromatic rings. The number of aromatic nitrogens is 1. The van der Waals surface area contributed by atoms with Crippen LogP contribution in [0.2, 0.25) is 0 Å². The Hall–Kier alpha value is -1.15. The van der Waals surface area contributed by atoms with Gasteiger partial charge in [0.2, 0.25) is 0 Å². The van der Waals surface area contributed by atoms with Crippen LogP contribution < -0.4 is 0 Å². The number of nitrogens with zero attached hydrogens (tertiary/aromatic N) is 1. The van der Waals surface area contributed by atoms with Crippen molar-refractivity contribution < 1.29 is 5.11 Å². The molecule has 2 nitrogen and oxygen atoms in total. The van der Waals surface area contributed by atoms with Crippen LogP contribution >= 0.6 is 0 Å². The Labute approximate surface area is 158 Å². The summed E-state index contributed by atoms with van der Waals surface area (Å²) < 4.78 is 0. The van der Waals surface area contributed by atoms with Crippen LogP contribution in [0.4, 0.5) is 0 Å². The van der Waals surface area contributed by atoms with Gasteiger partial charge in [-0.2, -0.15) is 0 Å². The lowest BCUT2D eigenvalue weighted by Crippen LogP contribution is -2.53. The highest BCUT2D eigenvalue weighted by Gasteiger charge is 2.58. The maximum atomic E-state index is 10.2. The van der Waals surface area contributed by atoms with E-state index >= 15 is 0 Å². The molecule has 1 N–H and O–H groups in total. The molecule has 3 saturated carbocycles. The van der Waals surface area contributed by atoms with Gasteiger partial charge >= 0.3 is 0 Å². The van der Waals surface area contributed by atoms with Gasteiger partial charge in [-0.15, -0.1) is 0 Å². The van der Waals surface area contributed by atoms with Crippen LogP contribution in [0.3, 0.4) is 0 Å². The summed E-state index contributed by atoms with van der Waals surface area (Å²) in [7, 11) is 0. The summed E-state index contributed by atoms with van der Waals surface area (Å²) in [6.07, 6.45) is 16.4. The second kappa shape index (κ2) is 5.92. The molecule has 0 aliphatic heterocycles. The van der Waals surface area contributed by atoms with Gasteiger partial charge < -0.3 is 5.11 Å². The smallest absolute Gasteiger partial charge is 0.0543 e. The summed E-state index contributed by atoms with van der Waals surface area (Å²) in [5, 5.41) is 10.2. The number of allylic oxidation sites excluding steroid dienone is 2. The van der Waals surface area contributed by atoms with Gasteiger partial charge in [-0.3, -0.25) is 4.98 Å². The number of aliphatic hydroxyl groups is 1. The van der Waals surface area contributed by atoms with Crippen LogP contribution in [0.1, 0.15) is 70.8 Å². The van der Waals surface area contributed by atoms with E-state index in [9.17, 15) is 5.11 Å². The van der Waals surface area contributed by atoms with Crippen molar-refractivity contribution in [3.63, 3.8) is 0 Å². The molecule has 0 radical (unpaired) electrons. The van der Waals surface area contributed by atoms with Crippen molar-refractivity contribution in [3.05, 3.63) is 36.2 Å². The first kappa shape index (κ1) is 17.0. The van der Waals surface area contributed by atoms with E-state index < -0.39 is 0 Å². The van der Waals surface area contributed by atoms with E-state index in [0.29, 0.717) is 10.8 Å². The molecule has 5 rings (SSSR count). The van der Waals surface area contributed by atoms with E-state index in [1.54, 1.807) is 5.57 Å². The minimum absolute atomic E-state index is 0.0381. The highest BCUT2D eigenvalue weighted by Crippen LogP contribution is 2.67. The van der Waals surface area contributed by atoms with E-state index in [1.807, 2.05) is 6.20 Å². The zero-order valence-electron chi connectivity index (χ0n) is 16.3. The number of fused-ring (bicyclic) bond motifs is 5. The second-order valence-electron chi connectivity index (χ2n) is 10.1. The summed E-state index contributed by atoms with van der Waals surface area (Å²) in [5.41, 5.74) is 3.72. The van der Waals surface area contributed by atoms with E-state index in [0.717, 1.165) is 36.5 Å². The van der Waals surface area contributed by atoms with Crippen LogP contribution in [0, 0.1) is 34.5 Å². The number of aliphatic hydroxyl groups excluding tert-OH is 1. The zero-order valence-corrected chi connectivity index (χ0v) is 16.3. The molecule has 1 heterocycles. The van der Waals surface area contributed by atoms with Crippen LogP contribution in [0.25, 0.3) is 5.57 Å². The lowest BCUT2D eigenvalue weighted by molar-refractivity contribution is -0.115. The number of hydrogen-bond donors (Lipinski definition) is 1. The maximum Gasteiger partial charge on any atom is 0.0543 e. The Bertz CT molecular complexity index is 712. The minimum Gasteiger partial charge on any atom is -0.393 e. The standard InChI is InChI=1S/C24H33NO/c1-23-11-9-18(26)14-17(23)5-6-19-21-8-7-20(16-4-3-13-25-15-16)24(21,2)12-10-22(19)23/h3-4,7,13,15,17-19,21-22,26H,5-6,8-12,14H2,1-2H3/t17-,18+,19+,21+,22+,23+,24-/m1/s1. The third-order valence-electron chi connectivity index (χ3n) is 9.19. The molecule has 140 valence electrons. The summed E-state index contributed by atoms with van der Waals surface area (Å²) in [6, 6.07) is 4.33. The average Bonchev–Trinajstić information content (AvgIpc) is 3.00. The number of hydrogen-bond acceptors (Lipinski definition) is 2. The van der Waals surface area contributed by atoms with Crippen molar-refractivity contribution in [2.45, 2.75) is 71.3 Å². The third kappa shape index (κ3) is 2.30. The number of rotatable bonds is 1. The summed E-state index contributed by atoms with van der Waals surface area (Å²) in [6.45, 7) is 5.12. The molecule has 0 saturated heterocycles. The molecule has 0 unspecified atom stereocenters. The Kier molecular flexibility index (Phi) is 3.87. The Morgan fingerprint density at radius 2 is 1.96 bits per heavy atom. The highest BCUT2D eigenvalue weighted by atomic mass is 16.3. The number of pyridine rings is 1. The van der Waals surface area contributed by atoms with Crippen LogP contribution in [-0.4, -0.2) is 16.2 Å². The molecule has 1 aromatic heterocycles. The minimum atomic E-state index is -0.0381. The molecular weight excluding hydrogens is 318 g/mol. The topological polar surface area (TPSA) is 33.1 Å². The van der Waals surface area contributed by atoms with Crippen LogP contribution in [0.5, 0.6) is 0 Å². The monoisotopic (exact) mass is 351 g/mol. The normalized spacial score (nSPS) is 47.5. The average molecular weight is 352 g/mol. The van der Waals surface area contributed by atoms with E-state index in [1.165, 1.54) is 44.1 Å². The molecule has 7 atom stereocenters. The first-order valence-electron chi connectivity index (χ1n) is 10.8. The molecule has 0 spiro atoms. The van der Waals surface area contributed by atoms with Gasteiger partial charge in [0.05, 0.1) is 6.10 Å². The van der Waals surface area contributed by atoms with Crippen molar-refractivity contribution >= 4 is 5.57 Å². The summed E-state index contributed by atoms with van der Waals surface area (Å²) >= 11 is 0. The van der Waals surface area contributed by atoms with Crippen LogP contribution in [-0.2, 0) is 0 Å². The molecule has 26 heavy (non-hydrogen) atoms. The molecule has 0 aromatic carbocycles. The van der Waals surface area contributed by atoms with Gasteiger partial charge in [0.15, 0.2) is 0 Å². The molecule has 0 amide bonds. The maximum absolute atomic E-state index is 10.2. The Morgan fingerprint density at radius 3 is 2.77 bits per heavy atom. The highest BCUT2D eigenvalue weighted by molar-refractivity contribution is 5.72. The fourth-order valence-electron chi connectivity index (χ4n) is 7.77. The van der Waals surface area contributed by atoms with Gasteiger partial charge in [-0.25, -0.2) is 0 Å². The van der Waals surface area contributed by atoms with Gasteiger partial charge in [0.25, 0.3) is 0 Å². The summed E-state index contributed by atoms with van der Waals surface area (Å²) in [5.74, 6) is 3.30. The second-order valence-corrected chi connectivity index (χ2v) is 10.1. The molecule has 2 heteroatoms. The molecule has 0 bridgehead atoms. The van der Waals surface area contributed by atoms with Gasteiger partial charge in [-0.05, 0) is 103 Å². The van der Waals surface area contributed by atoms with E-state index in [2.05, 4.69) is 43.2 Å².